The second-order valence-corrected chi connectivity index (χ2v) is 5.61. The smallest absolute Gasteiger partial charge is 0.221 e. The number of nitrogens with zero attached hydrogens (tertiary/aromatic N) is 2. The summed E-state index contributed by atoms with van der Waals surface area (Å²) in [5.41, 5.74) is 2.28. The molecule has 0 bridgehead atoms. The summed E-state index contributed by atoms with van der Waals surface area (Å²) in [6.07, 6.45) is 4.48. The van der Waals surface area contributed by atoms with E-state index in [4.69, 9.17) is 0 Å². The number of aromatic nitrogens is 2. The maximum absolute atomic E-state index is 11.8. The van der Waals surface area contributed by atoms with Crippen LogP contribution in [0.25, 0.3) is 0 Å². The molecule has 1 aromatic heterocycles. The van der Waals surface area contributed by atoms with Crippen molar-refractivity contribution in [3.63, 3.8) is 0 Å². The van der Waals surface area contributed by atoms with E-state index in [-0.39, 0.29) is 17.9 Å². The molecule has 1 aliphatic heterocycles. The first-order valence-electron chi connectivity index (χ1n) is 7.03. The fourth-order valence-electron chi connectivity index (χ4n) is 2.76. The summed E-state index contributed by atoms with van der Waals surface area (Å²) < 4.78 is 1.94. The zero-order chi connectivity index (χ0) is 14.1. The largest absolute Gasteiger partial charge is 0.349 e. The minimum Gasteiger partial charge on any atom is -0.349 e. The van der Waals surface area contributed by atoms with E-state index in [9.17, 15) is 4.79 Å². The Morgan fingerprint density at radius 1 is 1.25 bits per heavy atom. The monoisotopic (exact) mass is 269 g/mol. The number of carbonyl (C=O) groups is 1. The standard InChI is InChI=1S/C16H19N3O/c1-11(2)19-10-13(9-17-19)14-8-15(20)18-16(14)12-6-4-3-5-7-12/h3-7,9-11,14,16H,8H2,1-2H3,(H,18,20). The van der Waals surface area contributed by atoms with Crippen LogP contribution in [0.5, 0.6) is 0 Å². The Balaban J connectivity index is 1.92. The predicted octanol–water partition coefficient (Wildman–Crippen LogP) is 2.81. The van der Waals surface area contributed by atoms with E-state index in [1.54, 1.807) is 0 Å². The molecule has 1 saturated heterocycles. The molecule has 104 valence electrons. The maximum Gasteiger partial charge on any atom is 0.221 e. The molecule has 2 aromatic rings. The van der Waals surface area contributed by atoms with Crippen LogP contribution in [0.4, 0.5) is 0 Å². The van der Waals surface area contributed by atoms with E-state index in [0.717, 1.165) is 11.1 Å². The van der Waals surface area contributed by atoms with Crippen molar-refractivity contribution in [2.45, 2.75) is 38.3 Å². The third kappa shape index (κ3) is 2.33. The summed E-state index contributed by atoms with van der Waals surface area (Å²) in [6.45, 7) is 4.20. The number of hydrogen-bond acceptors (Lipinski definition) is 2. The van der Waals surface area contributed by atoms with Gasteiger partial charge in [0, 0.05) is 24.6 Å². The molecule has 1 N–H and O–H groups in total. The molecule has 4 heteroatoms. The Morgan fingerprint density at radius 3 is 2.65 bits per heavy atom. The van der Waals surface area contributed by atoms with Gasteiger partial charge in [0.1, 0.15) is 0 Å². The second kappa shape index (κ2) is 5.12. The first kappa shape index (κ1) is 12.9. The van der Waals surface area contributed by atoms with Gasteiger partial charge in [0.2, 0.25) is 5.91 Å². The Kier molecular flexibility index (Phi) is 3.30. The van der Waals surface area contributed by atoms with Crippen LogP contribution in [0.2, 0.25) is 0 Å². The van der Waals surface area contributed by atoms with Crippen molar-refractivity contribution in [1.29, 1.82) is 0 Å². The highest BCUT2D eigenvalue weighted by Gasteiger charge is 2.35. The number of nitrogens with one attached hydrogen (secondary N) is 1. The summed E-state index contributed by atoms with van der Waals surface area (Å²) in [4.78, 5) is 11.8. The number of rotatable bonds is 3. The maximum atomic E-state index is 11.8. The van der Waals surface area contributed by atoms with Crippen molar-refractivity contribution in [3.8, 4) is 0 Å². The average molecular weight is 269 g/mol. The molecule has 0 spiro atoms. The highest BCUT2D eigenvalue weighted by atomic mass is 16.2. The van der Waals surface area contributed by atoms with E-state index >= 15 is 0 Å². The van der Waals surface area contributed by atoms with Crippen molar-refractivity contribution in [1.82, 2.24) is 15.1 Å². The fraction of sp³-hybridized carbons (Fsp3) is 0.375. The van der Waals surface area contributed by atoms with Crippen LogP contribution in [-0.4, -0.2) is 15.7 Å². The number of amides is 1. The third-order valence-corrected chi connectivity index (χ3v) is 3.86. The predicted molar refractivity (Wildman–Crippen MR) is 77.3 cm³/mol. The van der Waals surface area contributed by atoms with Gasteiger partial charge in [-0.2, -0.15) is 5.10 Å². The molecule has 1 fully saturated rings. The molecular weight excluding hydrogens is 250 g/mol. The molecule has 2 atom stereocenters. The van der Waals surface area contributed by atoms with Gasteiger partial charge in [0.15, 0.2) is 0 Å². The Morgan fingerprint density at radius 2 is 2.00 bits per heavy atom. The normalized spacial score (nSPS) is 22.2. The van der Waals surface area contributed by atoms with Gasteiger partial charge in [-0.3, -0.25) is 9.48 Å². The van der Waals surface area contributed by atoms with Crippen LogP contribution in [-0.2, 0) is 4.79 Å². The summed E-state index contributed by atoms with van der Waals surface area (Å²) in [5, 5.41) is 7.47. The lowest BCUT2D eigenvalue weighted by molar-refractivity contribution is -0.119. The topological polar surface area (TPSA) is 46.9 Å². The third-order valence-electron chi connectivity index (χ3n) is 3.86. The summed E-state index contributed by atoms with van der Waals surface area (Å²) in [6, 6.07) is 10.5. The van der Waals surface area contributed by atoms with Gasteiger partial charge in [-0.1, -0.05) is 30.3 Å². The first-order chi connectivity index (χ1) is 9.65. The van der Waals surface area contributed by atoms with Gasteiger partial charge in [0.05, 0.1) is 12.2 Å². The summed E-state index contributed by atoms with van der Waals surface area (Å²) in [7, 11) is 0. The van der Waals surface area contributed by atoms with E-state index in [2.05, 4.69) is 42.6 Å². The SMILES string of the molecule is CC(C)n1cc(C2CC(=O)NC2c2ccccc2)cn1. The van der Waals surface area contributed by atoms with Gasteiger partial charge in [-0.15, -0.1) is 0 Å². The first-order valence-corrected chi connectivity index (χ1v) is 7.03. The highest BCUT2D eigenvalue weighted by molar-refractivity contribution is 5.80. The molecule has 20 heavy (non-hydrogen) atoms. The molecule has 1 aliphatic rings. The number of hydrogen-bond donors (Lipinski definition) is 1. The molecule has 2 heterocycles. The minimum absolute atomic E-state index is 0.0495. The quantitative estimate of drug-likeness (QED) is 0.931. The van der Waals surface area contributed by atoms with E-state index in [1.165, 1.54) is 0 Å². The molecule has 2 unspecified atom stereocenters. The van der Waals surface area contributed by atoms with Crippen LogP contribution in [0.3, 0.4) is 0 Å². The molecule has 1 amide bonds. The van der Waals surface area contributed by atoms with Gasteiger partial charge in [-0.05, 0) is 25.0 Å². The minimum atomic E-state index is 0.0495. The molecule has 3 rings (SSSR count). The van der Waals surface area contributed by atoms with E-state index in [1.807, 2.05) is 29.1 Å². The van der Waals surface area contributed by atoms with Crippen molar-refractivity contribution in [3.05, 3.63) is 53.9 Å². The van der Waals surface area contributed by atoms with Crippen LogP contribution < -0.4 is 5.32 Å². The van der Waals surface area contributed by atoms with Crippen LogP contribution in [0.1, 0.15) is 49.4 Å². The molecule has 0 radical (unpaired) electrons. The van der Waals surface area contributed by atoms with Gasteiger partial charge in [0.25, 0.3) is 0 Å². The van der Waals surface area contributed by atoms with E-state index in [0.29, 0.717) is 12.5 Å². The van der Waals surface area contributed by atoms with Crippen molar-refractivity contribution in [2.24, 2.45) is 0 Å². The lowest BCUT2D eigenvalue weighted by Gasteiger charge is -2.18. The van der Waals surface area contributed by atoms with Crippen LogP contribution in [0, 0.1) is 0 Å². The summed E-state index contributed by atoms with van der Waals surface area (Å²) in [5.74, 6) is 0.276. The Hall–Kier alpha value is -2.10. The molecule has 4 nitrogen and oxygen atoms in total. The van der Waals surface area contributed by atoms with Gasteiger partial charge in [-0.25, -0.2) is 0 Å². The van der Waals surface area contributed by atoms with Crippen molar-refractivity contribution in [2.75, 3.05) is 0 Å². The average Bonchev–Trinajstić information content (AvgIpc) is 3.06. The lowest BCUT2D eigenvalue weighted by atomic mass is 9.90. The molecule has 1 aromatic carbocycles. The zero-order valence-electron chi connectivity index (χ0n) is 11.8. The molecule has 0 aliphatic carbocycles. The van der Waals surface area contributed by atoms with Gasteiger partial charge >= 0.3 is 0 Å². The number of benzene rings is 1. The zero-order valence-corrected chi connectivity index (χ0v) is 11.8. The second-order valence-electron chi connectivity index (χ2n) is 5.61. The highest BCUT2D eigenvalue weighted by Crippen LogP contribution is 2.38. The molecule has 0 saturated carbocycles. The van der Waals surface area contributed by atoms with Crippen LogP contribution >= 0.6 is 0 Å². The van der Waals surface area contributed by atoms with Crippen LogP contribution in [0.15, 0.2) is 42.7 Å². The fourth-order valence-corrected chi connectivity index (χ4v) is 2.76. The van der Waals surface area contributed by atoms with Crippen molar-refractivity contribution < 1.29 is 4.79 Å². The Bertz CT molecular complexity index is 603. The van der Waals surface area contributed by atoms with Crippen molar-refractivity contribution >= 4 is 5.91 Å². The number of carbonyl (C=O) groups excluding carboxylic acids is 1. The van der Waals surface area contributed by atoms with E-state index < -0.39 is 0 Å². The van der Waals surface area contributed by atoms with Gasteiger partial charge < -0.3 is 5.32 Å². The Labute approximate surface area is 118 Å². The lowest BCUT2D eigenvalue weighted by Crippen LogP contribution is -2.20. The molecular formula is C16H19N3O. The summed E-state index contributed by atoms with van der Waals surface area (Å²) >= 11 is 0.